The van der Waals surface area contributed by atoms with Gasteiger partial charge in [-0.05, 0) is 73.7 Å². The fraction of sp³-hybridized carbons (Fsp3) is 0.318. The summed E-state index contributed by atoms with van der Waals surface area (Å²) in [6.45, 7) is 2.36. The summed E-state index contributed by atoms with van der Waals surface area (Å²) >= 11 is 0. The van der Waals surface area contributed by atoms with Gasteiger partial charge in [-0.3, -0.25) is 4.79 Å². The van der Waals surface area contributed by atoms with E-state index in [1.165, 1.54) is 24.3 Å². The maximum absolute atomic E-state index is 13.3. The fourth-order valence-corrected chi connectivity index (χ4v) is 3.36. The Hall–Kier alpha value is -2.89. The van der Waals surface area contributed by atoms with Gasteiger partial charge in [-0.1, -0.05) is 0 Å². The van der Waals surface area contributed by atoms with Crippen LogP contribution in [0.15, 0.2) is 52.9 Å². The van der Waals surface area contributed by atoms with Crippen LogP contribution in [0.4, 0.5) is 8.78 Å². The molecule has 1 N–H and O–H groups in total. The number of carbonyl (C=O) groups is 1. The van der Waals surface area contributed by atoms with Crippen LogP contribution in [-0.2, 0) is 4.79 Å². The van der Waals surface area contributed by atoms with Crippen LogP contribution < -0.4 is 10.1 Å². The van der Waals surface area contributed by atoms with Crippen LogP contribution in [0.2, 0.25) is 0 Å². The van der Waals surface area contributed by atoms with Gasteiger partial charge in [-0.2, -0.15) is 0 Å². The predicted molar refractivity (Wildman–Crippen MR) is 101 cm³/mol. The summed E-state index contributed by atoms with van der Waals surface area (Å²) in [6.07, 6.45) is 1.36. The molecule has 4 rings (SSSR count). The van der Waals surface area contributed by atoms with Crippen molar-refractivity contribution in [3.05, 3.63) is 65.9 Å². The van der Waals surface area contributed by atoms with Gasteiger partial charge in [0.2, 0.25) is 5.91 Å². The molecule has 1 amide bonds. The quantitative estimate of drug-likeness (QED) is 0.623. The Morgan fingerprint density at radius 1 is 1.14 bits per heavy atom. The van der Waals surface area contributed by atoms with Crippen LogP contribution >= 0.6 is 0 Å². The van der Waals surface area contributed by atoms with Crippen LogP contribution in [0.5, 0.6) is 5.75 Å². The number of amides is 1. The lowest BCUT2D eigenvalue weighted by molar-refractivity contribution is -0.122. The van der Waals surface area contributed by atoms with Gasteiger partial charge in [0.25, 0.3) is 0 Å². The molecule has 1 aromatic heterocycles. The molecule has 1 aliphatic carbocycles. The second-order valence-corrected chi connectivity index (χ2v) is 7.35. The third-order valence-electron chi connectivity index (χ3n) is 5.10. The summed E-state index contributed by atoms with van der Waals surface area (Å²) in [5.41, 5.74) is 0.595. The smallest absolute Gasteiger partial charge is 0.220 e. The van der Waals surface area contributed by atoms with E-state index >= 15 is 0 Å². The number of hydrogen-bond donors (Lipinski definition) is 1. The number of halogens is 2. The van der Waals surface area contributed by atoms with E-state index in [-0.39, 0.29) is 29.5 Å². The zero-order chi connectivity index (χ0) is 19.7. The molecule has 3 atom stereocenters. The van der Waals surface area contributed by atoms with Crippen LogP contribution in [0.1, 0.15) is 31.6 Å². The topological polar surface area (TPSA) is 51.5 Å². The zero-order valence-electron chi connectivity index (χ0n) is 15.5. The van der Waals surface area contributed by atoms with Crippen molar-refractivity contribution in [1.82, 2.24) is 5.32 Å². The summed E-state index contributed by atoms with van der Waals surface area (Å²) in [6, 6.07) is 11.7. The van der Waals surface area contributed by atoms with Crippen molar-refractivity contribution in [3.63, 3.8) is 0 Å². The molecule has 0 saturated heterocycles. The molecule has 6 heteroatoms. The van der Waals surface area contributed by atoms with Crippen molar-refractivity contribution in [2.24, 2.45) is 11.8 Å². The summed E-state index contributed by atoms with van der Waals surface area (Å²) in [4.78, 5) is 12.3. The van der Waals surface area contributed by atoms with Gasteiger partial charge in [-0.25, -0.2) is 8.78 Å². The van der Waals surface area contributed by atoms with E-state index < -0.39 is 0 Å². The first-order chi connectivity index (χ1) is 13.5. The van der Waals surface area contributed by atoms with E-state index in [1.807, 2.05) is 6.92 Å². The fourth-order valence-electron chi connectivity index (χ4n) is 3.36. The van der Waals surface area contributed by atoms with E-state index in [0.717, 1.165) is 6.42 Å². The van der Waals surface area contributed by atoms with Crippen molar-refractivity contribution in [2.75, 3.05) is 6.61 Å². The SMILES string of the molecule is C[C@@H](NC(=O)C[C@@H]1C[C@H]1COc1ccc(F)cc1)c1cc2cc(F)ccc2o1. The molecule has 2 aromatic carbocycles. The maximum Gasteiger partial charge on any atom is 0.220 e. The third kappa shape index (κ3) is 4.32. The predicted octanol–water partition coefficient (Wildman–Crippen LogP) is 4.99. The van der Waals surface area contributed by atoms with Gasteiger partial charge in [0.1, 0.15) is 28.7 Å². The minimum Gasteiger partial charge on any atom is -0.493 e. The Bertz CT molecular complexity index is 983. The van der Waals surface area contributed by atoms with Gasteiger partial charge in [0, 0.05) is 11.8 Å². The number of ether oxygens (including phenoxy) is 1. The number of benzene rings is 2. The summed E-state index contributed by atoms with van der Waals surface area (Å²) in [7, 11) is 0. The van der Waals surface area contributed by atoms with Gasteiger partial charge >= 0.3 is 0 Å². The molecular weight excluding hydrogens is 364 g/mol. The first-order valence-electron chi connectivity index (χ1n) is 9.34. The van der Waals surface area contributed by atoms with Gasteiger partial charge in [0.15, 0.2) is 0 Å². The van der Waals surface area contributed by atoms with E-state index in [2.05, 4.69) is 5.32 Å². The minimum absolute atomic E-state index is 0.0478. The molecular formula is C22H21F2NO3. The molecule has 1 aliphatic rings. The Kier molecular flexibility index (Phi) is 5.03. The highest BCUT2D eigenvalue weighted by Crippen LogP contribution is 2.41. The lowest BCUT2D eigenvalue weighted by Gasteiger charge is -2.11. The Labute approximate surface area is 161 Å². The second kappa shape index (κ2) is 7.62. The average molecular weight is 385 g/mol. The molecule has 0 aliphatic heterocycles. The monoisotopic (exact) mass is 385 g/mol. The maximum atomic E-state index is 13.3. The molecule has 3 aromatic rings. The second-order valence-electron chi connectivity index (χ2n) is 7.35. The lowest BCUT2D eigenvalue weighted by atomic mass is 10.2. The molecule has 0 radical (unpaired) electrons. The Morgan fingerprint density at radius 3 is 2.68 bits per heavy atom. The highest BCUT2D eigenvalue weighted by molar-refractivity contribution is 5.79. The van der Waals surface area contributed by atoms with Gasteiger partial charge < -0.3 is 14.5 Å². The first kappa shape index (κ1) is 18.5. The molecule has 146 valence electrons. The Morgan fingerprint density at radius 2 is 1.89 bits per heavy atom. The molecule has 0 spiro atoms. The van der Waals surface area contributed by atoms with Crippen LogP contribution in [0, 0.1) is 23.5 Å². The summed E-state index contributed by atoms with van der Waals surface area (Å²) < 4.78 is 37.5. The highest BCUT2D eigenvalue weighted by atomic mass is 19.1. The van der Waals surface area contributed by atoms with Crippen molar-refractivity contribution < 1.29 is 22.7 Å². The first-order valence-corrected chi connectivity index (χ1v) is 9.34. The average Bonchev–Trinajstić information content (AvgIpc) is 3.25. The molecule has 0 unspecified atom stereocenters. The van der Waals surface area contributed by atoms with Crippen molar-refractivity contribution in [3.8, 4) is 5.75 Å². The molecule has 1 heterocycles. The van der Waals surface area contributed by atoms with Crippen molar-refractivity contribution >= 4 is 16.9 Å². The number of furan rings is 1. The van der Waals surface area contributed by atoms with E-state index in [4.69, 9.17) is 9.15 Å². The zero-order valence-corrected chi connectivity index (χ0v) is 15.5. The van der Waals surface area contributed by atoms with Crippen molar-refractivity contribution in [1.29, 1.82) is 0 Å². The summed E-state index contributed by atoms with van der Waals surface area (Å²) in [5, 5.41) is 3.61. The Balaban J connectivity index is 1.24. The molecule has 28 heavy (non-hydrogen) atoms. The van der Waals surface area contributed by atoms with Gasteiger partial charge in [0.05, 0.1) is 12.6 Å². The highest BCUT2D eigenvalue weighted by Gasteiger charge is 2.39. The largest absolute Gasteiger partial charge is 0.493 e. The molecule has 1 saturated carbocycles. The van der Waals surface area contributed by atoms with Gasteiger partial charge in [-0.15, -0.1) is 0 Å². The van der Waals surface area contributed by atoms with E-state index in [1.54, 1.807) is 24.3 Å². The van der Waals surface area contributed by atoms with E-state index in [9.17, 15) is 13.6 Å². The number of nitrogens with one attached hydrogen (secondary N) is 1. The van der Waals surface area contributed by atoms with Crippen LogP contribution in [0.3, 0.4) is 0 Å². The van der Waals surface area contributed by atoms with Crippen LogP contribution in [-0.4, -0.2) is 12.5 Å². The minimum atomic E-state index is -0.320. The lowest BCUT2D eigenvalue weighted by Crippen LogP contribution is -2.26. The molecule has 4 nitrogen and oxygen atoms in total. The standard InChI is InChI=1S/C22H21F2NO3/c1-13(21-10-15-9-18(24)4-7-20(15)28-21)25-22(26)11-14-8-16(14)12-27-19-5-2-17(23)3-6-19/h2-7,9-10,13-14,16H,8,11-12H2,1H3,(H,25,26)/t13-,14+,16+/m1/s1. The number of hydrogen-bond acceptors (Lipinski definition) is 3. The number of carbonyl (C=O) groups excluding carboxylic acids is 1. The molecule has 0 bridgehead atoms. The number of rotatable bonds is 7. The normalized spacial score (nSPS) is 19.4. The van der Waals surface area contributed by atoms with Crippen molar-refractivity contribution in [2.45, 2.75) is 25.8 Å². The van der Waals surface area contributed by atoms with E-state index in [0.29, 0.717) is 41.4 Å². The third-order valence-corrected chi connectivity index (χ3v) is 5.10. The van der Waals surface area contributed by atoms with Crippen LogP contribution in [0.25, 0.3) is 11.0 Å². The molecule has 1 fully saturated rings. The summed E-state index contributed by atoms with van der Waals surface area (Å²) in [5.74, 6) is 1.19. The number of fused-ring (bicyclic) bond motifs is 1.